The first kappa shape index (κ1) is 24.2. The maximum atomic E-state index is 13.4. The summed E-state index contributed by atoms with van der Waals surface area (Å²) in [5, 5.41) is 0. The summed E-state index contributed by atoms with van der Waals surface area (Å²) in [5.41, 5.74) is 2.38. The number of thioether (sulfide) groups is 1. The van der Waals surface area contributed by atoms with Gasteiger partial charge in [-0.1, -0.05) is 101 Å². The van der Waals surface area contributed by atoms with E-state index in [0.717, 1.165) is 27.4 Å². The summed E-state index contributed by atoms with van der Waals surface area (Å²) in [6.07, 6.45) is 1.74. The molecule has 0 spiro atoms. The van der Waals surface area contributed by atoms with E-state index < -0.39 is 12.0 Å². The number of nitrogens with zero attached hydrogens (tertiary/aromatic N) is 1. The van der Waals surface area contributed by atoms with E-state index in [2.05, 4.69) is 15.9 Å². The van der Waals surface area contributed by atoms with Crippen LogP contribution in [-0.4, -0.2) is 28.2 Å². The molecule has 0 aliphatic carbocycles. The van der Waals surface area contributed by atoms with Crippen molar-refractivity contribution in [2.24, 2.45) is 0 Å². The summed E-state index contributed by atoms with van der Waals surface area (Å²) in [4.78, 5) is 27.8. The van der Waals surface area contributed by atoms with Crippen molar-refractivity contribution in [3.63, 3.8) is 0 Å². The molecular formula is C26H20BrNO4S2. The Balaban J connectivity index is 1.64. The average Bonchev–Trinajstić information content (AvgIpc) is 3.12. The zero-order chi connectivity index (χ0) is 24.1. The molecule has 0 saturated carbocycles. The minimum atomic E-state index is -0.957. The fraction of sp³-hybridized carbons (Fsp3) is 0.115. The molecule has 1 saturated heterocycles. The molecule has 34 heavy (non-hydrogen) atoms. The zero-order valence-corrected chi connectivity index (χ0v) is 21.4. The molecular weight excluding hydrogens is 534 g/mol. The van der Waals surface area contributed by atoms with Crippen LogP contribution in [0.25, 0.3) is 6.08 Å². The van der Waals surface area contributed by atoms with Crippen LogP contribution in [0.5, 0.6) is 5.75 Å². The lowest BCUT2D eigenvalue weighted by molar-refractivity contribution is -0.148. The maximum absolute atomic E-state index is 13.4. The number of benzene rings is 3. The summed E-state index contributed by atoms with van der Waals surface area (Å²) in [6, 6.07) is 23.5. The molecule has 1 heterocycles. The van der Waals surface area contributed by atoms with Crippen LogP contribution in [0, 0.1) is 0 Å². The Kier molecular flexibility index (Phi) is 7.82. The predicted molar refractivity (Wildman–Crippen MR) is 141 cm³/mol. The quantitative estimate of drug-likeness (QED) is 0.199. The maximum Gasteiger partial charge on any atom is 0.333 e. The van der Waals surface area contributed by atoms with E-state index >= 15 is 0 Å². The van der Waals surface area contributed by atoms with Crippen molar-refractivity contribution in [2.75, 3.05) is 7.11 Å². The third-order valence-electron chi connectivity index (χ3n) is 5.12. The largest absolute Gasteiger partial charge is 0.488 e. The zero-order valence-electron chi connectivity index (χ0n) is 18.1. The smallest absolute Gasteiger partial charge is 0.333 e. The topological polar surface area (TPSA) is 55.8 Å². The lowest BCUT2D eigenvalue weighted by Crippen LogP contribution is -2.37. The van der Waals surface area contributed by atoms with Crippen LogP contribution in [0.3, 0.4) is 0 Å². The van der Waals surface area contributed by atoms with Gasteiger partial charge in [0.25, 0.3) is 5.91 Å². The van der Waals surface area contributed by atoms with Crippen LogP contribution in [0.4, 0.5) is 0 Å². The summed E-state index contributed by atoms with van der Waals surface area (Å²) in [7, 11) is 1.30. The Bertz CT molecular complexity index is 1250. The van der Waals surface area contributed by atoms with Gasteiger partial charge < -0.3 is 9.47 Å². The standard InChI is InChI=1S/C26H20BrNO4S2/c1-31-25(30)23(18-10-6-3-7-11-18)28-24(29)22(34-26(28)33)15-19-14-20(27)12-13-21(19)32-16-17-8-4-2-5-9-17/h2-15,23H,16H2,1H3/b22-15-. The Morgan fingerprint density at radius 2 is 1.76 bits per heavy atom. The number of ether oxygens (including phenoxy) is 2. The van der Waals surface area contributed by atoms with E-state index in [1.807, 2.05) is 54.6 Å². The van der Waals surface area contributed by atoms with Crippen LogP contribution in [-0.2, 0) is 20.9 Å². The van der Waals surface area contributed by atoms with Crippen LogP contribution in [0.1, 0.15) is 22.7 Å². The average molecular weight is 554 g/mol. The lowest BCUT2D eigenvalue weighted by Gasteiger charge is -2.24. The minimum absolute atomic E-state index is 0.289. The molecule has 1 atom stereocenters. The molecule has 3 aromatic carbocycles. The van der Waals surface area contributed by atoms with E-state index in [9.17, 15) is 9.59 Å². The first-order valence-corrected chi connectivity index (χ1v) is 12.4. The van der Waals surface area contributed by atoms with Gasteiger partial charge in [-0.15, -0.1) is 0 Å². The molecule has 0 bridgehead atoms. The van der Waals surface area contributed by atoms with Gasteiger partial charge in [-0.2, -0.15) is 0 Å². The number of thiocarbonyl (C=S) groups is 1. The van der Waals surface area contributed by atoms with Crippen LogP contribution in [0.2, 0.25) is 0 Å². The van der Waals surface area contributed by atoms with Gasteiger partial charge in [0.15, 0.2) is 6.04 Å². The monoisotopic (exact) mass is 553 g/mol. The normalized spacial score (nSPS) is 15.5. The lowest BCUT2D eigenvalue weighted by atomic mass is 10.1. The summed E-state index contributed by atoms with van der Waals surface area (Å²) in [6.45, 7) is 0.392. The first-order valence-electron chi connectivity index (χ1n) is 10.3. The number of rotatable bonds is 7. The van der Waals surface area contributed by atoms with Gasteiger partial charge in [0.05, 0.1) is 12.0 Å². The third kappa shape index (κ3) is 5.41. The predicted octanol–water partition coefficient (Wildman–Crippen LogP) is 6.14. The van der Waals surface area contributed by atoms with Crippen molar-refractivity contribution in [1.82, 2.24) is 4.90 Å². The molecule has 5 nitrogen and oxygen atoms in total. The molecule has 3 aromatic rings. The van der Waals surface area contributed by atoms with Gasteiger partial charge in [0.2, 0.25) is 0 Å². The molecule has 0 N–H and O–H groups in total. The second-order valence-electron chi connectivity index (χ2n) is 7.34. The van der Waals surface area contributed by atoms with Gasteiger partial charge in [0, 0.05) is 10.0 Å². The molecule has 1 unspecified atom stereocenters. The third-order valence-corrected chi connectivity index (χ3v) is 6.94. The number of carbonyl (C=O) groups is 2. The first-order chi connectivity index (χ1) is 16.5. The van der Waals surface area contributed by atoms with Crippen molar-refractivity contribution >= 4 is 62.2 Å². The van der Waals surface area contributed by atoms with E-state index in [1.54, 1.807) is 30.3 Å². The van der Waals surface area contributed by atoms with E-state index in [1.165, 1.54) is 12.0 Å². The van der Waals surface area contributed by atoms with Gasteiger partial charge in [0.1, 0.15) is 16.7 Å². The molecule has 1 fully saturated rings. The Morgan fingerprint density at radius 3 is 2.44 bits per heavy atom. The Labute approximate surface area is 215 Å². The Hall–Kier alpha value is -2.94. The van der Waals surface area contributed by atoms with E-state index in [4.69, 9.17) is 21.7 Å². The van der Waals surface area contributed by atoms with Crippen molar-refractivity contribution < 1.29 is 19.1 Å². The molecule has 172 valence electrons. The summed E-state index contributed by atoms with van der Waals surface area (Å²) >= 11 is 10.1. The van der Waals surface area contributed by atoms with Gasteiger partial charge in [-0.05, 0) is 35.4 Å². The number of methoxy groups -OCH3 is 1. The highest BCUT2D eigenvalue weighted by molar-refractivity contribution is 9.10. The summed E-state index contributed by atoms with van der Waals surface area (Å²) < 4.78 is 12.2. The van der Waals surface area contributed by atoms with Crippen molar-refractivity contribution in [3.8, 4) is 5.75 Å². The van der Waals surface area contributed by atoms with E-state index in [-0.39, 0.29) is 10.2 Å². The molecule has 1 aliphatic heterocycles. The minimum Gasteiger partial charge on any atom is -0.488 e. The van der Waals surface area contributed by atoms with Crippen LogP contribution >= 0.6 is 39.9 Å². The fourth-order valence-electron chi connectivity index (χ4n) is 3.48. The number of halogens is 1. The highest BCUT2D eigenvalue weighted by Gasteiger charge is 2.42. The molecule has 4 rings (SSSR count). The fourth-order valence-corrected chi connectivity index (χ4v) is 5.16. The van der Waals surface area contributed by atoms with Crippen LogP contribution in [0.15, 0.2) is 88.2 Å². The van der Waals surface area contributed by atoms with Crippen molar-refractivity contribution in [2.45, 2.75) is 12.6 Å². The molecule has 1 amide bonds. The van der Waals surface area contributed by atoms with Crippen molar-refractivity contribution in [3.05, 3.63) is 105 Å². The number of esters is 1. The number of hydrogen-bond donors (Lipinski definition) is 0. The van der Waals surface area contributed by atoms with Crippen LogP contribution < -0.4 is 4.74 Å². The number of amides is 1. The number of hydrogen-bond acceptors (Lipinski definition) is 6. The van der Waals surface area contributed by atoms with Gasteiger partial charge >= 0.3 is 5.97 Å². The second-order valence-corrected chi connectivity index (χ2v) is 9.94. The second kappa shape index (κ2) is 11.0. The Morgan fingerprint density at radius 1 is 1.09 bits per heavy atom. The SMILES string of the molecule is COC(=O)C(c1ccccc1)N1C(=O)/C(=C/c2cc(Br)ccc2OCc2ccccc2)SC1=S. The molecule has 0 radical (unpaired) electrons. The molecule has 0 aromatic heterocycles. The van der Waals surface area contributed by atoms with Gasteiger partial charge in [-0.3, -0.25) is 9.69 Å². The summed E-state index contributed by atoms with van der Waals surface area (Å²) in [5.74, 6) is -0.286. The number of carbonyl (C=O) groups excluding carboxylic acids is 2. The van der Waals surface area contributed by atoms with E-state index in [0.29, 0.717) is 22.8 Å². The molecule has 1 aliphatic rings. The highest BCUT2D eigenvalue weighted by Crippen LogP contribution is 2.40. The molecule has 8 heteroatoms. The highest BCUT2D eigenvalue weighted by atomic mass is 79.9. The van der Waals surface area contributed by atoms with Gasteiger partial charge in [-0.25, -0.2) is 4.79 Å². The van der Waals surface area contributed by atoms with Crippen molar-refractivity contribution in [1.29, 1.82) is 0 Å².